The Bertz CT molecular complexity index is 180. The topological polar surface area (TPSA) is 15.3 Å². The highest BCUT2D eigenvalue weighted by Crippen LogP contribution is 2.26. The second-order valence-electron chi connectivity index (χ2n) is 5.46. The van der Waals surface area contributed by atoms with E-state index in [1.807, 2.05) is 0 Å². The van der Waals surface area contributed by atoms with Gasteiger partial charge in [-0.3, -0.25) is 0 Å². The molecular weight excluding hydrogens is 196 g/mol. The summed E-state index contributed by atoms with van der Waals surface area (Å²) in [5, 5.41) is 3.68. The van der Waals surface area contributed by atoms with Crippen molar-refractivity contribution in [3.63, 3.8) is 0 Å². The first-order chi connectivity index (χ1) is 7.42. The zero-order valence-electron chi connectivity index (χ0n) is 12.4. The van der Waals surface area contributed by atoms with Crippen molar-refractivity contribution in [2.45, 2.75) is 65.5 Å². The van der Waals surface area contributed by atoms with Gasteiger partial charge >= 0.3 is 0 Å². The van der Waals surface area contributed by atoms with Gasteiger partial charge in [-0.1, -0.05) is 34.1 Å². The summed E-state index contributed by atoms with van der Waals surface area (Å²) < 4.78 is 0. The zero-order chi connectivity index (χ0) is 12.8. The standard InChI is InChI=1S/C14H32N2/c1-8-12(4)11-13(15-10-3)14(5,9-2)16(6)7/h12-13,15H,8-11H2,1-7H3. The molecule has 2 heteroatoms. The molecule has 16 heavy (non-hydrogen) atoms. The maximum Gasteiger partial charge on any atom is 0.0325 e. The molecule has 0 aliphatic heterocycles. The van der Waals surface area contributed by atoms with Crippen LogP contribution in [-0.2, 0) is 0 Å². The minimum atomic E-state index is 0.263. The van der Waals surface area contributed by atoms with Crippen LogP contribution in [0.15, 0.2) is 0 Å². The Morgan fingerprint density at radius 2 is 1.75 bits per heavy atom. The maximum atomic E-state index is 3.68. The Morgan fingerprint density at radius 1 is 1.19 bits per heavy atom. The summed E-state index contributed by atoms with van der Waals surface area (Å²) in [7, 11) is 4.40. The molecule has 0 aromatic heterocycles. The average molecular weight is 228 g/mol. The van der Waals surface area contributed by atoms with Crippen LogP contribution in [0.5, 0.6) is 0 Å². The molecule has 98 valence electrons. The number of hydrogen-bond acceptors (Lipinski definition) is 2. The predicted octanol–water partition coefficient (Wildman–Crippen LogP) is 3.13. The van der Waals surface area contributed by atoms with Crippen LogP contribution in [0.25, 0.3) is 0 Å². The first kappa shape index (κ1) is 15.9. The first-order valence-electron chi connectivity index (χ1n) is 6.83. The van der Waals surface area contributed by atoms with Crippen LogP contribution in [-0.4, -0.2) is 37.1 Å². The van der Waals surface area contributed by atoms with Crippen LogP contribution >= 0.6 is 0 Å². The highest BCUT2D eigenvalue weighted by atomic mass is 15.2. The molecule has 0 saturated carbocycles. The molecule has 0 heterocycles. The lowest BCUT2D eigenvalue weighted by Crippen LogP contribution is -2.57. The van der Waals surface area contributed by atoms with Gasteiger partial charge in [-0.2, -0.15) is 0 Å². The lowest BCUT2D eigenvalue weighted by molar-refractivity contribution is 0.100. The van der Waals surface area contributed by atoms with Crippen LogP contribution in [0.1, 0.15) is 53.9 Å². The molecule has 0 aromatic carbocycles. The molecule has 0 aliphatic carbocycles. The summed E-state index contributed by atoms with van der Waals surface area (Å²) in [6.07, 6.45) is 3.73. The van der Waals surface area contributed by atoms with E-state index in [0.29, 0.717) is 6.04 Å². The van der Waals surface area contributed by atoms with E-state index in [-0.39, 0.29) is 5.54 Å². The number of hydrogen-bond donors (Lipinski definition) is 1. The monoisotopic (exact) mass is 228 g/mol. The third-order valence-corrected chi connectivity index (χ3v) is 4.27. The van der Waals surface area contributed by atoms with E-state index in [0.717, 1.165) is 12.5 Å². The fourth-order valence-corrected chi connectivity index (χ4v) is 2.25. The van der Waals surface area contributed by atoms with Crippen LogP contribution in [0, 0.1) is 5.92 Å². The van der Waals surface area contributed by atoms with E-state index in [9.17, 15) is 0 Å². The van der Waals surface area contributed by atoms with Crippen molar-refractivity contribution in [3.8, 4) is 0 Å². The Labute approximate surface area is 103 Å². The molecule has 3 atom stereocenters. The number of rotatable bonds is 8. The van der Waals surface area contributed by atoms with E-state index in [1.54, 1.807) is 0 Å². The summed E-state index contributed by atoms with van der Waals surface area (Å²) in [4.78, 5) is 2.38. The third-order valence-electron chi connectivity index (χ3n) is 4.27. The van der Waals surface area contributed by atoms with E-state index >= 15 is 0 Å². The normalized spacial score (nSPS) is 19.5. The van der Waals surface area contributed by atoms with E-state index in [2.05, 4.69) is 58.9 Å². The molecular formula is C14H32N2. The molecule has 0 rings (SSSR count). The maximum absolute atomic E-state index is 3.68. The Balaban J connectivity index is 4.71. The molecule has 0 spiro atoms. The van der Waals surface area contributed by atoms with E-state index in [1.165, 1.54) is 19.3 Å². The van der Waals surface area contributed by atoms with Crippen LogP contribution < -0.4 is 5.32 Å². The number of nitrogens with one attached hydrogen (secondary N) is 1. The molecule has 3 unspecified atom stereocenters. The molecule has 0 fully saturated rings. The predicted molar refractivity (Wildman–Crippen MR) is 73.9 cm³/mol. The van der Waals surface area contributed by atoms with Gasteiger partial charge in [-0.15, -0.1) is 0 Å². The van der Waals surface area contributed by atoms with Crippen molar-refractivity contribution in [2.75, 3.05) is 20.6 Å². The molecule has 0 aliphatic rings. The van der Waals surface area contributed by atoms with Gasteiger partial charge in [0, 0.05) is 11.6 Å². The van der Waals surface area contributed by atoms with Crippen LogP contribution in [0.2, 0.25) is 0 Å². The van der Waals surface area contributed by atoms with Gasteiger partial charge in [0.2, 0.25) is 0 Å². The zero-order valence-corrected chi connectivity index (χ0v) is 12.4. The quantitative estimate of drug-likeness (QED) is 0.686. The van der Waals surface area contributed by atoms with Gasteiger partial charge in [0.1, 0.15) is 0 Å². The Morgan fingerprint density at radius 3 is 2.06 bits per heavy atom. The fraction of sp³-hybridized carbons (Fsp3) is 1.00. The smallest absolute Gasteiger partial charge is 0.0325 e. The molecule has 0 bridgehead atoms. The Kier molecular flexibility index (Phi) is 7.25. The lowest BCUT2D eigenvalue weighted by atomic mass is 9.82. The van der Waals surface area contributed by atoms with Gasteiger partial charge in [0.25, 0.3) is 0 Å². The van der Waals surface area contributed by atoms with Gasteiger partial charge in [0.05, 0.1) is 0 Å². The number of nitrogens with zero attached hydrogens (tertiary/aromatic N) is 1. The molecule has 0 saturated heterocycles. The van der Waals surface area contributed by atoms with E-state index < -0.39 is 0 Å². The molecule has 2 nitrogen and oxygen atoms in total. The lowest BCUT2D eigenvalue weighted by Gasteiger charge is -2.44. The summed E-state index contributed by atoms with van der Waals surface area (Å²) in [6, 6.07) is 0.590. The largest absolute Gasteiger partial charge is 0.312 e. The number of likely N-dealkylation sites (N-methyl/N-ethyl adjacent to an activating group) is 2. The summed E-state index contributed by atoms with van der Waals surface area (Å²) in [5.41, 5.74) is 0.263. The highest BCUT2D eigenvalue weighted by Gasteiger charge is 2.34. The van der Waals surface area contributed by atoms with Crippen molar-refractivity contribution in [3.05, 3.63) is 0 Å². The molecule has 0 radical (unpaired) electrons. The van der Waals surface area contributed by atoms with Gasteiger partial charge in [-0.05, 0) is 46.3 Å². The van der Waals surface area contributed by atoms with Gasteiger partial charge < -0.3 is 10.2 Å². The van der Waals surface area contributed by atoms with Crippen LogP contribution in [0.3, 0.4) is 0 Å². The third kappa shape index (κ3) is 4.06. The van der Waals surface area contributed by atoms with Crippen molar-refractivity contribution in [1.29, 1.82) is 0 Å². The summed E-state index contributed by atoms with van der Waals surface area (Å²) >= 11 is 0. The van der Waals surface area contributed by atoms with Crippen molar-refractivity contribution >= 4 is 0 Å². The second kappa shape index (κ2) is 7.29. The molecule has 1 N–H and O–H groups in total. The summed E-state index contributed by atoms with van der Waals surface area (Å²) in [6.45, 7) is 12.6. The average Bonchev–Trinajstić information content (AvgIpc) is 2.26. The van der Waals surface area contributed by atoms with Gasteiger partial charge in [-0.25, -0.2) is 0 Å². The van der Waals surface area contributed by atoms with Crippen molar-refractivity contribution in [1.82, 2.24) is 10.2 Å². The molecule has 0 amide bonds. The SMILES string of the molecule is CCNC(CC(C)CC)C(C)(CC)N(C)C. The second-order valence-corrected chi connectivity index (χ2v) is 5.46. The summed E-state index contributed by atoms with van der Waals surface area (Å²) in [5.74, 6) is 0.801. The highest BCUT2D eigenvalue weighted by molar-refractivity contribution is 4.94. The van der Waals surface area contributed by atoms with Crippen molar-refractivity contribution in [2.24, 2.45) is 5.92 Å². The van der Waals surface area contributed by atoms with Crippen LogP contribution in [0.4, 0.5) is 0 Å². The minimum Gasteiger partial charge on any atom is -0.312 e. The first-order valence-corrected chi connectivity index (χ1v) is 6.83. The minimum absolute atomic E-state index is 0.263. The van der Waals surface area contributed by atoms with Crippen molar-refractivity contribution < 1.29 is 0 Å². The van der Waals surface area contributed by atoms with Gasteiger partial charge in [0.15, 0.2) is 0 Å². The fourth-order valence-electron chi connectivity index (χ4n) is 2.25. The van der Waals surface area contributed by atoms with E-state index in [4.69, 9.17) is 0 Å². The Hall–Kier alpha value is -0.0800. The molecule has 0 aromatic rings.